The third-order valence-corrected chi connectivity index (χ3v) is 5.34. The van der Waals surface area contributed by atoms with Gasteiger partial charge >= 0.3 is 0 Å². The minimum atomic E-state index is 0.149. The van der Waals surface area contributed by atoms with Crippen LogP contribution in [0.3, 0.4) is 0 Å². The number of hydrogen-bond acceptors (Lipinski definition) is 3. The Morgan fingerprint density at radius 3 is 2.52 bits per heavy atom. The van der Waals surface area contributed by atoms with Crippen molar-refractivity contribution in [3.05, 3.63) is 40.9 Å². The Morgan fingerprint density at radius 1 is 1.08 bits per heavy atom. The van der Waals surface area contributed by atoms with Crippen LogP contribution in [-0.4, -0.2) is 50.1 Å². The van der Waals surface area contributed by atoms with E-state index in [9.17, 15) is 4.79 Å². The zero-order valence-electron chi connectivity index (χ0n) is 14.8. The molecule has 1 fully saturated rings. The summed E-state index contributed by atoms with van der Waals surface area (Å²) in [5.41, 5.74) is 2.72. The zero-order valence-corrected chi connectivity index (χ0v) is 15.6. The summed E-state index contributed by atoms with van der Waals surface area (Å²) in [6.45, 7) is 5.01. The molecular formula is C20H28ClN3O. The largest absolute Gasteiger partial charge is 0.369 e. The van der Waals surface area contributed by atoms with E-state index >= 15 is 0 Å². The van der Waals surface area contributed by atoms with E-state index in [1.165, 1.54) is 36.9 Å². The quantitative estimate of drug-likeness (QED) is 0.788. The van der Waals surface area contributed by atoms with Crippen molar-refractivity contribution in [2.24, 2.45) is 0 Å². The van der Waals surface area contributed by atoms with E-state index < -0.39 is 0 Å². The molecule has 0 radical (unpaired) electrons. The maximum absolute atomic E-state index is 12.1. The van der Waals surface area contributed by atoms with E-state index in [0.29, 0.717) is 6.54 Å². The lowest BCUT2D eigenvalue weighted by Gasteiger charge is -2.35. The first-order valence-electron chi connectivity index (χ1n) is 9.38. The van der Waals surface area contributed by atoms with Crippen LogP contribution in [0, 0.1) is 0 Å². The molecule has 2 aliphatic rings. The third-order valence-electron chi connectivity index (χ3n) is 5.08. The number of rotatable bonds is 6. The standard InChI is InChI=1S/C20H28ClN3O/c21-18-6-8-19(9-7-18)24-14-12-23(13-15-24)16-20(25)22-11-10-17-4-2-1-3-5-17/h4,6-9H,1-3,5,10-16H2,(H,22,25). The molecule has 1 aliphatic carbocycles. The second-order valence-corrected chi connectivity index (χ2v) is 7.38. The van der Waals surface area contributed by atoms with E-state index in [-0.39, 0.29) is 5.91 Å². The lowest BCUT2D eigenvalue weighted by atomic mass is 9.97. The molecule has 1 aliphatic heterocycles. The Bertz CT molecular complexity index is 591. The maximum Gasteiger partial charge on any atom is 0.234 e. The number of nitrogens with one attached hydrogen (secondary N) is 1. The van der Waals surface area contributed by atoms with Gasteiger partial charge in [0.05, 0.1) is 6.54 Å². The van der Waals surface area contributed by atoms with Gasteiger partial charge in [0, 0.05) is 43.4 Å². The predicted molar refractivity (Wildman–Crippen MR) is 104 cm³/mol. The van der Waals surface area contributed by atoms with Gasteiger partial charge in [-0.3, -0.25) is 9.69 Å². The average Bonchev–Trinajstić information content (AvgIpc) is 2.64. The summed E-state index contributed by atoms with van der Waals surface area (Å²) in [5, 5.41) is 3.84. The molecular weight excluding hydrogens is 334 g/mol. The van der Waals surface area contributed by atoms with E-state index in [1.54, 1.807) is 0 Å². The Hall–Kier alpha value is -1.52. The summed E-state index contributed by atoms with van der Waals surface area (Å²) in [6, 6.07) is 7.98. The number of nitrogens with zero attached hydrogens (tertiary/aromatic N) is 2. The van der Waals surface area contributed by atoms with Crippen LogP contribution in [0.5, 0.6) is 0 Å². The van der Waals surface area contributed by atoms with Crippen LogP contribution in [0.1, 0.15) is 32.1 Å². The molecule has 25 heavy (non-hydrogen) atoms. The van der Waals surface area contributed by atoms with Gasteiger partial charge in [-0.1, -0.05) is 23.3 Å². The van der Waals surface area contributed by atoms with E-state index in [0.717, 1.165) is 44.2 Å². The number of anilines is 1. The van der Waals surface area contributed by atoms with Crippen LogP contribution in [-0.2, 0) is 4.79 Å². The molecule has 4 nitrogen and oxygen atoms in total. The number of carbonyl (C=O) groups excluding carboxylic acids is 1. The van der Waals surface area contributed by atoms with Crippen LogP contribution in [0.15, 0.2) is 35.9 Å². The fourth-order valence-electron chi connectivity index (χ4n) is 3.57. The number of piperazine rings is 1. The first-order chi connectivity index (χ1) is 12.2. The molecule has 1 heterocycles. The Balaban J connectivity index is 1.34. The van der Waals surface area contributed by atoms with Crippen molar-refractivity contribution in [3.63, 3.8) is 0 Å². The molecule has 1 aromatic rings. The summed E-state index contributed by atoms with van der Waals surface area (Å²) in [7, 11) is 0. The van der Waals surface area contributed by atoms with Gasteiger partial charge in [0.25, 0.3) is 0 Å². The van der Waals surface area contributed by atoms with E-state index in [1.807, 2.05) is 12.1 Å². The van der Waals surface area contributed by atoms with Gasteiger partial charge in [0.15, 0.2) is 0 Å². The normalized spacial score (nSPS) is 18.8. The van der Waals surface area contributed by atoms with E-state index in [2.05, 4.69) is 33.3 Å². The van der Waals surface area contributed by atoms with E-state index in [4.69, 9.17) is 11.6 Å². The van der Waals surface area contributed by atoms with Crippen molar-refractivity contribution < 1.29 is 4.79 Å². The molecule has 0 saturated carbocycles. The minimum absolute atomic E-state index is 0.149. The highest BCUT2D eigenvalue weighted by atomic mass is 35.5. The number of amides is 1. The lowest BCUT2D eigenvalue weighted by Crippen LogP contribution is -2.49. The zero-order chi connectivity index (χ0) is 17.5. The van der Waals surface area contributed by atoms with Crippen LogP contribution in [0.2, 0.25) is 5.02 Å². The maximum atomic E-state index is 12.1. The third kappa shape index (κ3) is 5.75. The summed E-state index contributed by atoms with van der Waals surface area (Å²) in [6.07, 6.45) is 8.40. The van der Waals surface area contributed by atoms with Crippen molar-refractivity contribution in [1.29, 1.82) is 0 Å². The molecule has 0 bridgehead atoms. The molecule has 0 spiro atoms. The monoisotopic (exact) mass is 361 g/mol. The number of benzene rings is 1. The number of halogens is 1. The van der Waals surface area contributed by atoms with Crippen molar-refractivity contribution in [3.8, 4) is 0 Å². The Morgan fingerprint density at radius 2 is 1.84 bits per heavy atom. The smallest absolute Gasteiger partial charge is 0.234 e. The summed E-state index contributed by atoms with van der Waals surface area (Å²) in [5.74, 6) is 0.149. The molecule has 1 N–H and O–H groups in total. The van der Waals surface area contributed by atoms with Gasteiger partial charge in [0.2, 0.25) is 5.91 Å². The second-order valence-electron chi connectivity index (χ2n) is 6.95. The predicted octanol–water partition coefficient (Wildman–Crippen LogP) is 3.47. The molecule has 0 unspecified atom stereocenters. The summed E-state index contributed by atoms with van der Waals surface area (Å²) in [4.78, 5) is 16.7. The molecule has 1 saturated heterocycles. The average molecular weight is 362 g/mol. The first kappa shape index (κ1) is 18.3. The van der Waals surface area contributed by atoms with Gasteiger partial charge in [-0.15, -0.1) is 0 Å². The summed E-state index contributed by atoms with van der Waals surface area (Å²) >= 11 is 5.95. The molecule has 0 aromatic heterocycles. The van der Waals surface area contributed by atoms with Crippen molar-refractivity contribution in [2.45, 2.75) is 32.1 Å². The van der Waals surface area contributed by atoms with Crippen molar-refractivity contribution >= 4 is 23.2 Å². The van der Waals surface area contributed by atoms with Gasteiger partial charge in [-0.25, -0.2) is 0 Å². The highest BCUT2D eigenvalue weighted by Crippen LogP contribution is 2.20. The Labute approximate surface area is 155 Å². The van der Waals surface area contributed by atoms with Gasteiger partial charge in [-0.2, -0.15) is 0 Å². The summed E-state index contributed by atoms with van der Waals surface area (Å²) < 4.78 is 0. The lowest BCUT2D eigenvalue weighted by molar-refractivity contribution is -0.122. The molecule has 5 heteroatoms. The van der Waals surface area contributed by atoms with Crippen molar-refractivity contribution in [1.82, 2.24) is 10.2 Å². The Kier molecular flexibility index (Phi) is 6.76. The molecule has 1 aromatic carbocycles. The molecule has 3 rings (SSSR count). The minimum Gasteiger partial charge on any atom is -0.369 e. The van der Waals surface area contributed by atoms with Gasteiger partial charge < -0.3 is 10.2 Å². The molecule has 136 valence electrons. The topological polar surface area (TPSA) is 35.6 Å². The molecule has 1 amide bonds. The van der Waals surface area contributed by atoms with Crippen LogP contribution < -0.4 is 10.2 Å². The van der Waals surface area contributed by atoms with Gasteiger partial charge in [0.1, 0.15) is 0 Å². The molecule has 0 atom stereocenters. The van der Waals surface area contributed by atoms with Gasteiger partial charge in [-0.05, 0) is 56.4 Å². The van der Waals surface area contributed by atoms with Crippen LogP contribution in [0.4, 0.5) is 5.69 Å². The second kappa shape index (κ2) is 9.25. The highest BCUT2D eigenvalue weighted by Gasteiger charge is 2.19. The van der Waals surface area contributed by atoms with Crippen LogP contribution in [0.25, 0.3) is 0 Å². The number of hydrogen-bond donors (Lipinski definition) is 1. The fraction of sp³-hybridized carbons (Fsp3) is 0.550. The fourth-order valence-corrected chi connectivity index (χ4v) is 3.70. The first-order valence-corrected chi connectivity index (χ1v) is 9.76. The SMILES string of the molecule is O=C(CN1CCN(c2ccc(Cl)cc2)CC1)NCCC1=CCCCC1. The van der Waals surface area contributed by atoms with Crippen LogP contribution >= 0.6 is 11.6 Å². The number of carbonyl (C=O) groups is 1. The highest BCUT2D eigenvalue weighted by molar-refractivity contribution is 6.30. The number of allylic oxidation sites excluding steroid dienone is 1. The van der Waals surface area contributed by atoms with Crippen molar-refractivity contribution in [2.75, 3.05) is 44.2 Å².